The van der Waals surface area contributed by atoms with Crippen molar-refractivity contribution in [2.24, 2.45) is 10.2 Å². The maximum atomic E-state index is 10.9. The number of aromatic hydroxyl groups is 2. The van der Waals surface area contributed by atoms with Crippen LogP contribution in [0.3, 0.4) is 0 Å². The molecule has 5 aromatic rings. The number of para-hydroxylation sites is 2. The van der Waals surface area contributed by atoms with Crippen LogP contribution in [0.5, 0.6) is 17.4 Å². The Balaban J connectivity index is 1.56. The van der Waals surface area contributed by atoms with Gasteiger partial charge in [0.15, 0.2) is 11.4 Å². The molecule has 0 aliphatic heterocycles. The van der Waals surface area contributed by atoms with Gasteiger partial charge >= 0.3 is 6.16 Å². The van der Waals surface area contributed by atoms with E-state index in [1.165, 1.54) is 24.7 Å². The predicted octanol–water partition coefficient (Wildman–Crippen LogP) is 6.77. The zero-order valence-corrected chi connectivity index (χ0v) is 17.5. The summed E-state index contributed by atoms with van der Waals surface area (Å²) in [5, 5.41) is 39.7. The molecule has 0 fully saturated rings. The Labute approximate surface area is 192 Å². The highest BCUT2D eigenvalue weighted by Gasteiger charge is 2.19. The summed E-state index contributed by atoms with van der Waals surface area (Å²) in [6.45, 7) is 0. The molecule has 0 unspecified atom stereocenters. The van der Waals surface area contributed by atoms with Crippen LogP contribution in [0.25, 0.3) is 27.7 Å². The molecule has 0 spiro atoms. The standard InChI is InChI=1S/C25H17N3O6/c29-23-18(15-5-3-6-17(13-15)34-25(31)32)8-4-9-20(23)26-27-22-19-7-1-2-10-21(19)28(24(22)30)16-11-12-33-14-16/h1-14,29-30H,(H,31,32). The van der Waals surface area contributed by atoms with E-state index in [0.717, 1.165) is 0 Å². The Morgan fingerprint density at radius 3 is 2.56 bits per heavy atom. The number of ether oxygens (including phenoxy) is 1. The SMILES string of the molecule is O=C(O)Oc1cccc(-c2cccc(N=Nc3c(O)n(-c4ccoc4)c4ccccc34)c2O)c1. The topological polar surface area (TPSA) is 130 Å². The zero-order chi connectivity index (χ0) is 23.7. The fraction of sp³-hybridized carbons (Fsp3) is 0. The van der Waals surface area contributed by atoms with Crippen LogP contribution in [-0.2, 0) is 0 Å². The minimum absolute atomic E-state index is 0.119. The zero-order valence-electron chi connectivity index (χ0n) is 17.5. The monoisotopic (exact) mass is 455 g/mol. The highest BCUT2D eigenvalue weighted by molar-refractivity contribution is 5.96. The van der Waals surface area contributed by atoms with Gasteiger partial charge in [-0.25, -0.2) is 4.79 Å². The summed E-state index contributed by atoms with van der Waals surface area (Å²) < 4.78 is 11.4. The third-order valence-corrected chi connectivity index (χ3v) is 5.21. The van der Waals surface area contributed by atoms with Crippen molar-refractivity contribution in [1.29, 1.82) is 0 Å². The first-order valence-electron chi connectivity index (χ1n) is 10.1. The van der Waals surface area contributed by atoms with Crippen LogP contribution in [0.4, 0.5) is 16.2 Å². The molecule has 0 bridgehead atoms. The van der Waals surface area contributed by atoms with Gasteiger partial charge in [0.05, 0.1) is 17.5 Å². The molecule has 0 amide bonds. The van der Waals surface area contributed by atoms with Crippen LogP contribution in [0.2, 0.25) is 0 Å². The van der Waals surface area contributed by atoms with E-state index in [1.54, 1.807) is 41.0 Å². The van der Waals surface area contributed by atoms with Crippen molar-refractivity contribution in [1.82, 2.24) is 4.57 Å². The Bertz CT molecular complexity index is 1540. The Kier molecular flexibility index (Phi) is 5.19. The lowest BCUT2D eigenvalue weighted by Gasteiger charge is -2.08. The number of nitrogens with zero attached hydrogens (tertiary/aromatic N) is 3. The van der Waals surface area contributed by atoms with Crippen molar-refractivity contribution < 1.29 is 29.3 Å². The molecular weight excluding hydrogens is 438 g/mol. The van der Waals surface area contributed by atoms with E-state index in [9.17, 15) is 15.0 Å². The van der Waals surface area contributed by atoms with Gasteiger partial charge in [0.1, 0.15) is 17.7 Å². The maximum Gasteiger partial charge on any atom is 0.511 e. The van der Waals surface area contributed by atoms with E-state index >= 15 is 0 Å². The minimum atomic E-state index is -1.43. The molecule has 3 aromatic carbocycles. The van der Waals surface area contributed by atoms with Gasteiger partial charge in [-0.3, -0.25) is 4.57 Å². The van der Waals surface area contributed by atoms with Crippen LogP contribution in [-0.4, -0.2) is 26.0 Å². The lowest BCUT2D eigenvalue weighted by atomic mass is 10.0. The van der Waals surface area contributed by atoms with E-state index < -0.39 is 6.16 Å². The number of hydrogen-bond donors (Lipinski definition) is 3. The quantitative estimate of drug-likeness (QED) is 0.152. The summed E-state index contributed by atoms with van der Waals surface area (Å²) in [5.41, 5.74) is 2.69. The molecule has 0 aliphatic rings. The first-order chi connectivity index (χ1) is 16.5. The molecule has 0 aliphatic carbocycles. The smallest absolute Gasteiger partial charge is 0.505 e. The van der Waals surface area contributed by atoms with Gasteiger partial charge < -0.3 is 24.5 Å². The number of azo groups is 1. The van der Waals surface area contributed by atoms with Gasteiger partial charge in [0.2, 0.25) is 5.88 Å². The van der Waals surface area contributed by atoms with E-state index in [-0.39, 0.29) is 28.8 Å². The number of carbonyl (C=O) groups is 1. The molecule has 9 heteroatoms. The van der Waals surface area contributed by atoms with E-state index in [4.69, 9.17) is 14.3 Å². The maximum absolute atomic E-state index is 10.9. The predicted molar refractivity (Wildman–Crippen MR) is 124 cm³/mol. The number of phenols is 1. The molecule has 168 valence electrons. The number of fused-ring (bicyclic) bond motifs is 1. The van der Waals surface area contributed by atoms with Crippen molar-refractivity contribution in [3.63, 3.8) is 0 Å². The summed E-state index contributed by atoms with van der Waals surface area (Å²) in [5.74, 6) is -0.161. The van der Waals surface area contributed by atoms with Crippen LogP contribution in [0.1, 0.15) is 0 Å². The fourth-order valence-corrected chi connectivity index (χ4v) is 3.73. The fourth-order valence-electron chi connectivity index (χ4n) is 3.73. The molecule has 9 nitrogen and oxygen atoms in total. The van der Waals surface area contributed by atoms with Crippen molar-refractivity contribution in [2.45, 2.75) is 0 Å². The number of hydrogen-bond acceptors (Lipinski definition) is 7. The van der Waals surface area contributed by atoms with E-state index in [0.29, 0.717) is 27.7 Å². The Hall–Kier alpha value is -5.05. The van der Waals surface area contributed by atoms with Crippen LogP contribution in [0.15, 0.2) is 100.0 Å². The first kappa shape index (κ1) is 20.8. The largest absolute Gasteiger partial charge is 0.511 e. The molecule has 0 atom stereocenters. The summed E-state index contributed by atoms with van der Waals surface area (Å²) >= 11 is 0. The second-order valence-corrected chi connectivity index (χ2v) is 7.28. The second kappa shape index (κ2) is 8.47. The second-order valence-electron chi connectivity index (χ2n) is 7.28. The highest BCUT2D eigenvalue weighted by Crippen LogP contribution is 2.43. The summed E-state index contributed by atoms with van der Waals surface area (Å²) in [6.07, 6.45) is 1.58. The van der Waals surface area contributed by atoms with Gasteiger partial charge in [0.25, 0.3) is 0 Å². The molecule has 2 heterocycles. The van der Waals surface area contributed by atoms with E-state index in [1.807, 2.05) is 24.3 Å². The number of carboxylic acid groups (broad SMARTS) is 1. The van der Waals surface area contributed by atoms with Crippen molar-refractivity contribution in [2.75, 3.05) is 0 Å². The third-order valence-electron chi connectivity index (χ3n) is 5.21. The summed E-state index contributed by atoms with van der Waals surface area (Å²) in [4.78, 5) is 10.8. The van der Waals surface area contributed by atoms with Gasteiger partial charge in [-0.1, -0.05) is 42.5 Å². The van der Waals surface area contributed by atoms with Crippen molar-refractivity contribution in [3.8, 4) is 34.2 Å². The normalized spacial score (nSPS) is 11.3. The number of aromatic nitrogens is 1. The number of benzene rings is 3. The molecule has 34 heavy (non-hydrogen) atoms. The molecule has 0 saturated heterocycles. The lowest BCUT2D eigenvalue weighted by Crippen LogP contribution is -2.02. The van der Waals surface area contributed by atoms with Gasteiger partial charge in [-0.15, -0.1) is 10.2 Å². The molecular formula is C25H17N3O6. The number of phenolic OH excluding ortho intramolecular Hbond substituents is 1. The average molecular weight is 455 g/mol. The van der Waals surface area contributed by atoms with Gasteiger partial charge in [-0.05, 0) is 29.8 Å². The van der Waals surface area contributed by atoms with Crippen molar-refractivity contribution in [3.05, 3.63) is 85.3 Å². The van der Waals surface area contributed by atoms with Gasteiger partial charge in [-0.2, -0.15) is 0 Å². The molecule has 0 saturated carbocycles. The van der Waals surface area contributed by atoms with E-state index in [2.05, 4.69) is 10.2 Å². The molecule has 5 rings (SSSR count). The first-order valence-corrected chi connectivity index (χ1v) is 10.1. The molecule has 3 N–H and O–H groups in total. The average Bonchev–Trinajstić information content (AvgIpc) is 3.44. The van der Waals surface area contributed by atoms with Crippen LogP contribution in [0, 0.1) is 0 Å². The van der Waals surface area contributed by atoms with Crippen molar-refractivity contribution >= 4 is 28.4 Å². The van der Waals surface area contributed by atoms with Crippen LogP contribution < -0.4 is 4.74 Å². The van der Waals surface area contributed by atoms with Crippen LogP contribution >= 0.6 is 0 Å². The summed E-state index contributed by atoms with van der Waals surface area (Å²) in [7, 11) is 0. The van der Waals surface area contributed by atoms with Gasteiger partial charge in [0, 0.05) is 17.0 Å². The molecule has 2 aromatic heterocycles. The minimum Gasteiger partial charge on any atom is -0.505 e. The summed E-state index contributed by atoms with van der Waals surface area (Å²) in [6, 6.07) is 20.3. The Morgan fingerprint density at radius 2 is 1.76 bits per heavy atom. The molecule has 0 radical (unpaired) electrons. The Morgan fingerprint density at radius 1 is 0.941 bits per heavy atom. The lowest BCUT2D eigenvalue weighted by molar-refractivity contribution is 0.144. The number of furan rings is 1. The third kappa shape index (κ3) is 3.71. The number of rotatable bonds is 5. The highest BCUT2D eigenvalue weighted by atomic mass is 16.7.